The molecular formula is C18H15F2N3OS. The van der Waals surface area contributed by atoms with Crippen molar-refractivity contribution in [3.05, 3.63) is 53.6 Å². The van der Waals surface area contributed by atoms with Crippen LogP contribution in [0.1, 0.15) is 12.5 Å². The number of aromatic nitrogens is 2. The van der Waals surface area contributed by atoms with E-state index in [4.69, 9.17) is 0 Å². The zero-order chi connectivity index (χ0) is 17.6. The molecule has 1 aliphatic heterocycles. The molecule has 0 bridgehead atoms. The summed E-state index contributed by atoms with van der Waals surface area (Å²) in [7, 11) is 0. The third-order valence-electron chi connectivity index (χ3n) is 4.31. The number of anilines is 1. The summed E-state index contributed by atoms with van der Waals surface area (Å²) >= 11 is 1.23. The van der Waals surface area contributed by atoms with E-state index in [1.54, 1.807) is 0 Å². The average Bonchev–Trinajstić information content (AvgIpc) is 3.12. The SMILES string of the molecule is CC1Cc2ccccc2N1C(=O)CSc1nc2cc(F)c(F)cc2[nH]1. The molecule has 0 aliphatic carbocycles. The van der Waals surface area contributed by atoms with Crippen LogP contribution in [0.3, 0.4) is 0 Å². The van der Waals surface area contributed by atoms with E-state index >= 15 is 0 Å². The molecule has 1 aliphatic rings. The first-order valence-corrected chi connectivity index (χ1v) is 8.89. The maximum atomic E-state index is 13.3. The molecule has 2 aromatic carbocycles. The number of para-hydroxylation sites is 1. The van der Waals surface area contributed by atoms with Crippen LogP contribution in [0.2, 0.25) is 0 Å². The maximum Gasteiger partial charge on any atom is 0.237 e. The molecule has 1 amide bonds. The molecule has 4 nitrogen and oxygen atoms in total. The van der Waals surface area contributed by atoms with Gasteiger partial charge in [-0.1, -0.05) is 30.0 Å². The third kappa shape index (κ3) is 2.89. The molecule has 7 heteroatoms. The van der Waals surface area contributed by atoms with E-state index in [1.807, 2.05) is 36.1 Å². The van der Waals surface area contributed by atoms with Crippen LogP contribution in [0.4, 0.5) is 14.5 Å². The molecule has 1 N–H and O–H groups in total. The van der Waals surface area contributed by atoms with Gasteiger partial charge in [0, 0.05) is 23.9 Å². The van der Waals surface area contributed by atoms with E-state index in [9.17, 15) is 13.6 Å². The summed E-state index contributed by atoms with van der Waals surface area (Å²) in [5.41, 5.74) is 2.87. The van der Waals surface area contributed by atoms with Gasteiger partial charge in [0.25, 0.3) is 0 Å². The largest absolute Gasteiger partial charge is 0.333 e. The molecule has 2 heterocycles. The number of rotatable bonds is 3. The first-order valence-electron chi connectivity index (χ1n) is 7.90. The van der Waals surface area contributed by atoms with Gasteiger partial charge in [0.1, 0.15) is 0 Å². The molecule has 3 aromatic rings. The molecule has 4 rings (SSSR count). The number of fused-ring (bicyclic) bond motifs is 2. The Labute approximate surface area is 147 Å². The fourth-order valence-electron chi connectivity index (χ4n) is 3.20. The van der Waals surface area contributed by atoms with Crippen molar-refractivity contribution >= 4 is 34.4 Å². The monoisotopic (exact) mass is 359 g/mol. The van der Waals surface area contributed by atoms with Crippen molar-refractivity contribution < 1.29 is 13.6 Å². The van der Waals surface area contributed by atoms with E-state index in [0.29, 0.717) is 16.2 Å². The molecule has 1 unspecified atom stereocenters. The minimum Gasteiger partial charge on any atom is -0.333 e. The van der Waals surface area contributed by atoms with Crippen molar-refractivity contribution in [2.75, 3.05) is 10.7 Å². The van der Waals surface area contributed by atoms with E-state index in [-0.39, 0.29) is 17.7 Å². The molecular weight excluding hydrogens is 344 g/mol. The second-order valence-corrected chi connectivity index (χ2v) is 7.02. The number of imidazole rings is 1. The van der Waals surface area contributed by atoms with Crippen molar-refractivity contribution in [1.29, 1.82) is 0 Å². The van der Waals surface area contributed by atoms with Gasteiger partial charge in [-0.2, -0.15) is 0 Å². The van der Waals surface area contributed by atoms with Gasteiger partial charge in [0.05, 0.1) is 16.8 Å². The van der Waals surface area contributed by atoms with Crippen molar-refractivity contribution in [1.82, 2.24) is 9.97 Å². The summed E-state index contributed by atoms with van der Waals surface area (Å²) in [4.78, 5) is 21.6. The highest BCUT2D eigenvalue weighted by Crippen LogP contribution is 2.32. The molecule has 0 saturated heterocycles. The van der Waals surface area contributed by atoms with Crippen molar-refractivity contribution in [2.24, 2.45) is 0 Å². The fraction of sp³-hybridized carbons (Fsp3) is 0.222. The summed E-state index contributed by atoms with van der Waals surface area (Å²) in [5.74, 6) is -1.68. The minimum atomic E-state index is -0.936. The Bertz CT molecular complexity index is 933. The zero-order valence-corrected chi connectivity index (χ0v) is 14.2. The summed E-state index contributed by atoms with van der Waals surface area (Å²) in [6.45, 7) is 2.02. The number of hydrogen-bond acceptors (Lipinski definition) is 3. The van der Waals surface area contributed by atoms with Gasteiger partial charge in [0.15, 0.2) is 16.8 Å². The predicted molar refractivity (Wildman–Crippen MR) is 93.8 cm³/mol. The molecule has 0 fully saturated rings. The topological polar surface area (TPSA) is 49.0 Å². The van der Waals surface area contributed by atoms with Gasteiger partial charge in [-0.15, -0.1) is 0 Å². The normalized spacial score (nSPS) is 16.4. The smallest absolute Gasteiger partial charge is 0.237 e. The second kappa shape index (κ2) is 6.15. The highest BCUT2D eigenvalue weighted by Gasteiger charge is 2.30. The number of H-pyrrole nitrogens is 1. The number of carbonyl (C=O) groups is 1. The van der Waals surface area contributed by atoms with Gasteiger partial charge >= 0.3 is 0 Å². The standard InChI is InChI=1S/C18H15F2N3OS/c1-10-6-11-4-2-3-5-16(11)23(10)17(24)9-25-18-21-14-7-12(19)13(20)8-15(14)22-18/h2-5,7-8,10H,6,9H2,1H3,(H,21,22). The molecule has 1 atom stereocenters. The lowest BCUT2D eigenvalue weighted by atomic mass is 10.1. The number of halogens is 2. The van der Waals surface area contributed by atoms with Crippen LogP contribution >= 0.6 is 11.8 Å². The van der Waals surface area contributed by atoms with Crippen LogP contribution in [0.15, 0.2) is 41.6 Å². The van der Waals surface area contributed by atoms with E-state index < -0.39 is 11.6 Å². The van der Waals surface area contributed by atoms with E-state index in [1.165, 1.54) is 17.3 Å². The Morgan fingerprint density at radius 2 is 2.08 bits per heavy atom. The van der Waals surface area contributed by atoms with Crippen LogP contribution in [0.5, 0.6) is 0 Å². The summed E-state index contributed by atoms with van der Waals surface area (Å²) in [6, 6.07) is 10.1. The molecule has 0 radical (unpaired) electrons. The van der Waals surface area contributed by atoms with Gasteiger partial charge in [-0.3, -0.25) is 4.79 Å². The lowest BCUT2D eigenvalue weighted by molar-refractivity contribution is -0.116. The number of thioether (sulfide) groups is 1. The Balaban J connectivity index is 1.51. The number of nitrogens with zero attached hydrogens (tertiary/aromatic N) is 2. The van der Waals surface area contributed by atoms with Crippen LogP contribution in [0.25, 0.3) is 11.0 Å². The summed E-state index contributed by atoms with van der Waals surface area (Å²) < 4.78 is 26.5. The quantitative estimate of drug-likeness (QED) is 0.722. The zero-order valence-electron chi connectivity index (χ0n) is 13.4. The fourth-order valence-corrected chi connectivity index (χ4v) is 3.94. The van der Waals surface area contributed by atoms with Crippen LogP contribution < -0.4 is 4.90 Å². The van der Waals surface area contributed by atoms with E-state index in [0.717, 1.165) is 24.2 Å². The van der Waals surface area contributed by atoms with E-state index in [2.05, 4.69) is 9.97 Å². The number of carbonyl (C=O) groups excluding carboxylic acids is 1. The summed E-state index contributed by atoms with van der Waals surface area (Å²) in [5, 5.41) is 0.466. The number of amides is 1. The first kappa shape index (κ1) is 16.1. The molecule has 0 spiro atoms. The molecule has 0 saturated carbocycles. The summed E-state index contributed by atoms with van der Waals surface area (Å²) in [6.07, 6.45) is 0.843. The van der Waals surface area contributed by atoms with Crippen molar-refractivity contribution in [3.63, 3.8) is 0 Å². The maximum absolute atomic E-state index is 13.3. The van der Waals surface area contributed by atoms with Gasteiger partial charge < -0.3 is 9.88 Å². The lowest BCUT2D eigenvalue weighted by Gasteiger charge is -2.22. The number of aromatic amines is 1. The van der Waals surface area contributed by atoms with Crippen molar-refractivity contribution in [2.45, 2.75) is 24.5 Å². The molecule has 128 valence electrons. The minimum absolute atomic E-state index is 0.0136. The van der Waals surface area contributed by atoms with Crippen LogP contribution in [-0.4, -0.2) is 27.7 Å². The Hall–Kier alpha value is -2.41. The number of hydrogen-bond donors (Lipinski definition) is 1. The average molecular weight is 359 g/mol. The molecule has 25 heavy (non-hydrogen) atoms. The first-order chi connectivity index (χ1) is 12.0. The van der Waals surface area contributed by atoms with Gasteiger partial charge in [-0.25, -0.2) is 13.8 Å². The Kier molecular flexibility index (Phi) is 3.95. The lowest BCUT2D eigenvalue weighted by Crippen LogP contribution is -2.36. The van der Waals surface area contributed by atoms with Gasteiger partial charge in [0.2, 0.25) is 5.91 Å². The molecule has 1 aromatic heterocycles. The number of benzene rings is 2. The van der Waals surface area contributed by atoms with Crippen LogP contribution in [-0.2, 0) is 11.2 Å². The van der Waals surface area contributed by atoms with Crippen LogP contribution in [0, 0.1) is 11.6 Å². The van der Waals surface area contributed by atoms with Gasteiger partial charge in [-0.05, 0) is 25.0 Å². The number of nitrogens with one attached hydrogen (secondary N) is 1. The Morgan fingerprint density at radius 3 is 2.92 bits per heavy atom. The highest BCUT2D eigenvalue weighted by molar-refractivity contribution is 7.99. The third-order valence-corrected chi connectivity index (χ3v) is 5.17. The second-order valence-electron chi connectivity index (χ2n) is 6.06. The van der Waals surface area contributed by atoms with Crippen molar-refractivity contribution in [3.8, 4) is 0 Å². The highest BCUT2D eigenvalue weighted by atomic mass is 32.2. The Morgan fingerprint density at radius 1 is 1.32 bits per heavy atom. The predicted octanol–water partition coefficient (Wildman–Crippen LogP) is 3.91.